The third kappa shape index (κ3) is 5.93. The van der Waals surface area contributed by atoms with E-state index in [9.17, 15) is 14.7 Å². The van der Waals surface area contributed by atoms with Gasteiger partial charge in [0.15, 0.2) is 0 Å². The van der Waals surface area contributed by atoms with Crippen molar-refractivity contribution in [3.63, 3.8) is 0 Å². The minimum absolute atomic E-state index is 0.204. The van der Waals surface area contributed by atoms with Gasteiger partial charge < -0.3 is 25.6 Å². The second-order valence-corrected chi connectivity index (χ2v) is 5.32. The standard InChI is InChI=1S/C15H22N2O4/c1-9-4-5-12(10(2)6-9)17-14(19)7-13(15(20)21)16-8-11(3)18/h4-6,11,13,16,18H,7-8H2,1-3H3,(H,17,19)(H,20,21)/t11-,13-/m1/s1. The third-order valence-corrected chi connectivity index (χ3v) is 3.13. The zero-order valence-corrected chi connectivity index (χ0v) is 12.6. The van der Waals surface area contributed by atoms with Crippen LogP contribution in [0.15, 0.2) is 18.2 Å². The molecule has 0 unspecified atom stereocenters. The van der Waals surface area contributed by atoms with E-state index in [4.69, 9.17) is 5.11 Å². The lowest BCUT2D eigenvalue weighted by Gasteiger charge is -2.17. The van der Waals surface area contributed by atoms with Crippen LogP contribution in [0.5, 0.6) is 0 Å². The number of hydrogen-bond acceptors (Lipinski definition) is 4. The summed E-state index contributed by atoms with van der Waals surface area (Å²) in [6.45, 7) is 5.59. The fraction of sp³-hybridized carbons (Fsp3) is 0.467. The molecule has 6 heteroatoms. The van der Waals surface area contributed by atoms with Gasteiger partial charge in [-0.2, -0.15) is 0 Å². The number of rotatable bonds is 7. The summed E-state index contributed by atoms with van der Waals surface area (Å²) >= 11 is 0. The summed E-state index contributed by atoms with van der Waals surface area (Å²) in [6, 6.07) is 4.59. The monoisotopic (exact) mass is 294 g/mol. The Kier molecular flexibility index (Phi) is 6.33. The smallest absolute Gasteiger partial charge is 0.230 e. The van der Waals surface area contributed by atoms with E-state index < -0.39 is 24.0 Å². The molecular weight excluding hydrogens is 272 g/mol. The van der Waals surface area contributed by atoms with E-state index in [1.165, 1.54) is 5.32 Å². The molecule has 2 atom stereocenters. The summed E-state index contributed by atoms with van der Waals surface area (Å²) in [5, 5.41) is 24.3. The summed E-state index contributed by atoms with van der Waals surface area (Å²) < 4.78 is 0. The van der Waals surface area contributed by atoms with E-state index in [0.717, 1.165) is 11.1 Å². The first-order chi connectivity index (χ1) is 9.79. The Morgan fingerprint density at radius 3 is 2.57 bits per heavy atom. The zero-order chi connectivity index (χ0) is 16.0. The molecule has 1 amide bonds. The number of nitrogens with two attached hydrogens (primary N) is 1. The molecule has 0 aromatic heterocycles. The van der Waals surface area contributed by atoms with Crippen molar-refractivity contribution in [2.24, 2.45) is 0 Å². The first kappa shape index (κ1) is 17.1. The second-order valence-electron chi connectivity index (χ2n) is 5.32. The number of carboxylic acid groups (broad SMARTS) is 1. The van der Waals surface area contributed by atoms with Gasteiger partial charge in [-0.25, -0.2) is 0 Å². The van der Waals surface area contributed by atoms with Crippen molar-refractivity contribution in [2.75, 3.05) is 11.9 Å². The topological polar surface area (TPSA) is 106 Å². The van der Waals surface area contributed by atoms with Crippen molar-refractivity contribution >= 4 is 17.6 Å². The number of benzene rings is 1. The lowest BCUT2D eigenvalue weighted by molar-refractivity contribution is -0.687. The maximum absolute atomic E-state index is 11.9. The van der Waals surface area contributed by atoms with Crippen molar-refractivity contribution in [3.8, 4) is 0 Å². The highest BCUT2D eigenvalue weighted by Crippen LogP contribution is 2.16. The van der Waals surface area contributed by atoms with Crippen LogP contribution in [0.4, 0.5) is 5.69 Å². The van der Waals surface area contributed by atoms with Crippen molar-refractivity contribution in [2.45, 2.75) is 39.3 Å². The number of carboxylic acids is 1. The van der Waals surface area contributed by atoms with Crippen molar-refractivity contribution in [1.82, 2.24) is 0 Å². The molecule has 0 radical (unpaired) electrons. The summed E-state index contributed by atoms with van der Waals surface area (Å²) in [5.74, 6) is -1.70. The van der Waals surface area contributed by atoms with Gasteiger partial charge in [-0.15, -0.1) is 0 Å². The molecule has 0 heterocycles. The van der Waals surface area contributed by atoms with Crippen LogP contribution in [-0.4, -0.2) is 35.7 Å². The van der Waals surface area contributed by atoms with E-state index in [1.54, 1.807) is 13.0 Å². The minimum Gasteiger partial charge on any atom is -0.544 e. The maximum atomic E-state index is 11.9. The Hall–Kier alpha value is -1.92. The largest absolute Gasteiger partial charge is 0.544 e. The van der Waals surface area contributed by atoms with Crippen molar-refractivity contribution < 1.29 is 25.1 Å². The molecular formula is C15H22N2O4. The van der Waals surface area contributed by atoms with Crippen LogP contribution in [0.25, 0.3) is 0 Å². The van der Waals surface area contributed by atoms with Gasteiger partial charge in [-0.1, -0.05) is 17.7 Å². The van der Waals surface area contributed by atoms with E-state index in [-0.39, 0.29) is 13.0 Å². The number of quaternary nitrogens is 1. The second kappa shape index (κ2) is 7.75. The quantitative estimate of drug-likeness (QED) is 0.581. The number of aliphatic hydroxyl groups excluding tert-OH is 1. The van der Waals surface area contributed by atoms with Gasteiger partial charge in [0.1, 0.15) is 12.6 Å². The number of anilines is 1. The Morgan fingerprint density at radius 2 is 2.05 bits per heavy atom. The number of aryl methyl sites for hydroxylation is 2. The van der Waals surface area contributed by atoms with Gasteiger partial charge in [0, 0.05) is 5.69 Å². The van der Waals surface area contributed by atoms with Crippen LogP contribution >= 0.6 is 0 Å². The lowest BCUT2D eigenvalue weighted by Crippen LogP contribution is -2.94. The van der Waals surface area contributed by atoms with Crippen LogP contribution in [0, 0.1) is 13.8 Å². The first-order valence-corrected chi connectivity index (χ1v) is 6.89. The molecule has 0 saturated heterocycles. The maximum Gasteiger partial charge on any atom is 0.230 e. The molecule has 1 rings (SSSR count). The van der Waals surface area contributed by atoms with Crippen molar-refractivity contribution in [1.29, 1.82) is 0 Å². The number of amides is 1. The van der Waals surface area contributed by atoms with Crippen LogP contribution in [0.1, 0.15) is 24.5 Å². The molecule has 0 saturated carbocycles. The molecule has 1 aromatic carbocycles. The molecule has 0 spiro atoms. The van der Waals surface area contributed by atoms with E-state index in [1.807, 2.05) is 26.0 Å². The Labute approximate surface area is 124 Å². The Balaban J connectivity index is 2.63. The number of carbonyl (C=O) groups is 2. The third-order valence-electron chi connectivity index (χ3n) is 3.13. The number of aliphatic hydroxyl groups is 1. The molecule has 0 fully saturated rings. The normalized spacial score (nSPS) is 13.5. The van der Waals surface area contributed by atoms with Crippen molar-refractivity contribution in [3.05, 3.63) is 29.3 Å². The molecule has 116 valence electrons. The number of carbonyl (C=O) groups excluding carboxylic acids is 2. The molecule has 0 aliphatic carbocycles. The fourth-order valence-corrected chi connectivity index (χ4v) is 1.98. The number of hydrogen-bond donors (Lipinski definition) is 3. The SMILES string of the molecule is Cc1ccc(NC(=O)C[C@@H]([NH2+]C[C@@H](C)O)C(=O)[O-])c(C)c1. The molecule has 21 heavy (non-hydrogen) atoms. The molecule has 0 bridgehead atoms. The summed E-state index contributed by atoms with van der Waals surface area (Å²) in [4.78, 5) is 22.9. The van der Waals surface area contributed by atoms with Crippen LogP contribution in [-0.2, 0) is 9.59 Å². The average Bonchev–Trinajstić information content (AvgIpc) is 2.37. The van der Waals surface area contributed by atoms with Crippen LogP contribution in [0.3, 0.4) is 0 Å². The Morgan fingerprint density at radius 1 is 1.38 bits per heavy atom. The fourth-order valence-electron chi connectivity index (χ4n) is 1.98. The van der Waals surface area contributed by atoms with Crippen LogP contribution < -0.4 is 15.7 Å². The van der Waals surface area contributed by atoms with Gasteiger partial charge in [0.05, 0.1) is 18.5 Å². The molecule has 0 aliphatic rings. The number of nitrogens with one attached hydrogen (secondary N) is 1. The summed E-state index contributed by atoms with van der Waals surface area (Å²) in [6.07, 6.45) is -0.850. The summed E-state index contributed by atoms with van der Waals surface area (Å²) in [7, 11) is 0. The van der Waals surface area contributed by atoms with E-state index in [0.29, 0.717) is 5.69 Å². The predicted molar refractivity (Wildman–Crippen MR) is 76.4 cm³/mol. The number of aliphatic carboxylic acids is 1. The zero-order valence-electron chi connectivity index (χ0n) is 12.6. The lowest BCUT2D eigenvalue weighted by atomic mass is 10.1. The van der Waals surface area contributed by atoms with Crippen LogP contribution in [0.2, 0.25) is 0 Å². The molecule has 6 nitrogen and oxygen atoms in total. The first-order valence-electron chi connectivity index (χ1n) is 6.89. The van der Waals surface area contributed by atoms with Gasteiger partial charge in [-0.05, 0) is 32.4 Å². The Bertz CT molecular complexity index is 514. The average molecular weight is 294 g/mol. The van der Waals surface area contributed by atoms with Gasteiger partial charge in [0.2, 0.25) is 5.91 Å². The van der Waals surface area contributed by atoms with Gasteiger partial charge in [-0.3, -0.25) is 4.79 Å². The molecule has 4 N–H and O–H groups in total. The molecule has 1 aromatic rings. The minimum atomic E-state index is -1.31. The summed E-state index contributed by atoms with van der Waals surface area (Å²) in [5.41, 5.74) is 2.67. The predicted octanol–water partition coefficient (Wildman–Crippen LogP) is -1.31. The highest BCUT2D eigenvalue weighted by Gasteiger charge is 2.19. The van der Waals surface area contributed by atoms with Gasteiger partial charge >= 0.3 is 0 Å². The highest BCUT2D eigenvalue weighted by atomic mass is 16.4. The van der Waals surface area contributed by atoms with E-state index in [2.05, 4.69) is 5.32 Å². The van der Waals surface area contributed by atoms with Gasteiger partial charge in [0.25, 0.3) is 0 Å². The highest BCUT2D eigenvalue weighted by molar-refractivity contribution is 5.94. The van der Waals surface area contributed by atoms with E-state index >= 15 is 0 Å². The molecule has 0 aliphatic heterocycles.